The lowest BCUT2D eigenvalue weighted by Gasteiger charge is -2.26. The summed E-state index contributed by atoms with van der Waals surface area (Å²) in [6.07, 6.45) is 4.03. The van der Waals surface area contributed by atoms with Crippen molar-refractivity contribution in [3.63, 3.8) is 0 Å². The molecule has 1 saturated carbocycles. The van der Waals surface area contributed by atoms with Gasteiger partial charge in [-0.3, -0.25) is 4.79 Å². The van der Waals surface area contributed by atoms with Crippen molar-refractivity contribution in [2.75, 3.05) is 18.9 Å². The van der Waals surface area contributed by atoms with Gasteiger partial charge in [0.1, 0.15) is 0 Å². The van der Waals surface area contributed by atoms with Gasteiger partial charge in [0.25, 0.3) is 0 Å². The van der Waals surface area contributed by atoms with E-state index in [1.54, 1.807) is 0 Å². The van der Waals surface area contributed by atoms with Crippen LogP contribution in [0.3, 0.4) is 0 Å². The van der Waals surface area contributed by atoms with Gasteiger partial charge in [0.15, 0.2) is 11.6 Å². The van der Waals surface area contributed by atoms with E-state index in [0.29, 0.717) is 11.4 Å². The van der Waals surface area contributed by atoms with E-state index in [1.165, 1.54) is 6.07 Å². The van der Waals surface area contributed by atoms with Crippen LogP contribution in [-0.2, 0) is 4.79 Å². The lowest BCUT2D eigenvalue weighted by Crippen LogP contribution is -2.39. The summed E-state index contributed by atoms with van der Waals surface area (Å²) in [4.78, 5) is 12.3. The number of amides is 1. The largest absolute Gasteiger partial charge is 0.396 e. The summed E-state index contributed by atoms with van der Waals surface area (Å²) < 4.78 is 25.8. The molecule has 2 N–H and O–H groups in total. The van der Waals surface area contributed by atoms with E-state index in [2.05, 4.69) is 5.32 Å². The third kappa shape index (κ3) is 4.41. The number of carbonyl (C=O) groups is 1. The number of hydrogen-bond acceptors (Lipinski definition) is 3. The van der Waals surface area contributed by atoms with Gasteiger partial charge in [-0.05, 0) is 31.0 Å². The summed E-state index contributed by atoms with van der Waals surface area (Å²) in [6.45, 7) is 0.560. The molecule has 1 aliphatic carbocycles. The minimum absolute atomic E-state index is 0.0869. The minimum atomic E-state index is -0.911. The Bertz CT molecular complexity index is 504. The minimum Gasteiger partial charge on any atom is -0.396 e. The van der Waals surface area contributed by atoms with Crippen LogP contribution in [0.15, 0.2) is 23.1 Å². The highest BCUT2D eigenvalue weighted by atomic mass is 32.2. The molecule has 0 bridgehead atoms. The molecule has 6 heteroatoms. The zero-order chi connectivity index (χ0) is 15.3. The highest BCUT2D eigenvalue weighted by Crippen LogP contribution is 2.36. The summed E-state index contributed by atoms with van der Waals surface area (Å²) >= 11 is 1.16. The van der Waals surface area contributed by atoms with Crippen LogP contribution in [-0.4, -0.2) is 29.9 Å². The molecule has 0 unspecified atom stereocenters. The Hall–Kier alpha value is -1.14. The fraction of sp³-hybridized carbons (Fsp3) is 0.533. The van der Waals surface area contributed by atoms with Gasteiger partial charge < -0.3 is 10.4 Å². The molecule has 0 aromatic heterocycles. The van der Waals surface area contributed by atoms with Crippen molar-refractivity contribution in [1.82, 2.24) is 5.32 Å². The summed E-state index contributed by atoms with van der Waals surface area (Å²) in [5, 5.41) is 12.3. The number of aliphatic hydroxyl groups excluding tert-OH is 1. The molecule has 1 amide bonds. The maximum absolute atomic E-state index is 13.0. The molecular formula is C15H19F2NO2S. The van der Waals surface area contributed by atoms with Gasteiger partial charge in [-0.2, -0.15) is 0 Å². The molecule has 0 atom stereocenters. The Morgan fingerprint density at radius 2 is 2.00 bits per heavy atom. The molecule has 0 heterocycles. The van der Waals surface area contributed by atoms with E-state index < -0.39 is 11.6 Å². The predicted octanol–water partition coefficient (Wildman–Crippen LogP) is 2.73. The highest BCUT2D eigenvalue weighted by molar-refractivity contribution is 8.00. The van der Waals surface area contributed by atoms with E-state index in [9.17, 15) is 18.7 Å². The first-order valence-electron chi connectivity index (χ1n) is 7.00. The average molecular weight is 315 g/mol. The molecule has 1 aromatic carbocycles. The molecule has 1 aromatic rings. The van der Waals surface area contributed by atoms with Crippen molar-refractivity contribution >= 4 is 17.7 Å². The molecule has 1 fully saturated rings. The number of benzene rings is 1. The van der Waals surface area contributed by atoms with Crippen LogP contribution < -0.4 is 5.32 Å². The van der Waals surface area contributed by atoms with Crippen LogP contribution in [0.4, 0.5) is 8.78 Å². The first-order chi connectivity index (χ1) is 10.0. The number of rotatable bonds is 6. The van der Waals surface area contributed by atoms with Gasteiger partial charge >= 0.3 is 0 Å². The number of halogens is 2. The first-order valence-corrected chi connectivity index (χ1v) is 7.99. The smallest absolute Gasteiger partial charge is 0.230 e. The van der Waals surface area contributed by atoms with E-state index in [1.807, 2.05) is 0 Å². The number of nitrogens with one attached hydrogen (secondary N) is 1. The quantitative estimate of drug-likeness (QED) is 0.794. The Morgan fingerprint density at radius 3 is 2.62 bits per heavy atom. The summed E-state index contributed by atoms with van der Waals surface area (Å²) in [7, 11) is 0. The maximum atomic E-state index is 13.0. The van der Waals surface area contributed by atoms with Crippen LogP contribution in [0.5, 0.6) is 0 Å². The lowest BCUT2D eigenvalue weighted by atomic mass is 9.87. The summed E-state index contributed by atoms with van der Waals surface area (Å²) in [6, 6.07) is 3.58. The van der Waals surface area contributed by atoms with Crippen molar-refractivity contribution in [3.8, 4) is 0 Å². The molecule has 0 spiro atoms. The fourth-order valence-corrected chi connectivity index (χ4v) is 3.32. The average Bonchev–Trinajstić information content (AvgIpc) is 2.96. The van der Waals surface area contributed by atoms with Crippen molar-refractivity contribution < 1.29 is 18.7 Å². The van der Waals surface area contributed by atoms with Gasteiger partial charge in [-0.25, -0.2) is 8.78 Å². The fourth-order valence-electron chi connectivity index (χ4n) is 2.57. The van der Waals surface area contributed by atoms with E-state index in [-0.39, 0.29) is 23.7 Å². The molecule has 0 aliphatic heterocycles. The molecule has 3 nitrogen and oxygen atoms in total. The standard InChI is InChI=1S/C15H19F2NO2S/c16-12-4-3-11(7-13(12)17)21-8-14(20)18-9-15(10-19)5-1-2-6-15/h3-4,7,19H,1-2,5-6,8-10H2,(H,18,20). The highest BCUT2D eigenvalue weighted by Gasteiger charge is 2.33. The van der Waals surface area contributed by atoms with Crippen LogP contribution in [0.2, 0.25) is 0 Å². The second-order valence-electron chi connectivity index (χ2n) is 5.51. The second kappa shape index (κ2) is 7.22. The Morgan fingerprint density at radius 1 is 1.29 bits per heavy atom. The summed E-state index contributed by atoms with van der Waals surface area (Å²) in [5.74, 6) is -1.82. The van der Waals surface area contributed by atoms with Crippen molar-refractivity contribution in [3.05, 3.63) is 29.8 Å². The van der Waals surface area contributed by atoms with Crippen molar-refractivity contribution in [1.29, 1.82) is 0 Å². The van der Waals surface area contributed by atoms with Crippen LogP contribution in [0, 0.1) is 17.0 Å². The Labute approximate surface area is 127 Å². The normalized spacial score (nSPS) is 16.9. The number of carbonyl (C=O) groups excluding carboxylic acids is 1. The van der Waals surface area contributed by atoms with Crippen molar-refractivity contribution in [2.24, 2.45) is 5.41 Å². The third-order valence-corrected chi connectivity index (χ3v) is 4.91. The molecule has 2 rings (SSSR count). The predicted molar refractivity (Wildman–Crippen MR) is 78.1 cm³/mol. The SMILES string of the molecule is O=C(CSc1ccc(F)c(F)c1)NCC1(CO)CCCC1. The first kappa shape index (κ1) is 16.2. The number of thioether (sulfide) groups is 1. The topological polar surface area (TPSA) is 49.3 Å². The molecule has 21 heavy (non-hydrogen) atoms. The Kier molecular flexibility index (Phi) is 5.58. The summed E-state index contributed by atoms with van der Waals surface area (Å²) in [5.41, 5.74) is -0.178. The van der Waals surface area contributed by atoms with Crippen LogP contribution in [0.25, 0.3) is 0 Å². The maximum Gasteiger partial charge on any atom is 0.230 e. The molecular weight excluding hydrogens is 296 g/mol. The Balaban J connectivity index is 1.78. The van der Waals surface area contributed by atoms with Gasteiger partial charge in [-0.15, -0.1) is 11.8 Å². The molecule has 0 saturated heterocycles. The van der Waals surface area contributed by atoms with Gasteiger partial charge in [0, 0.05) is 16.9 Å². The zero-order valence-corrected chi connectivity index (χ0v) is 12.5. The molecule has 1 aliphatic rings. The van der Waals surface area contributed by atoms with Crippen molar-refractivity contribution in [2.45, 2.75) is 30.6 Å². The lowest BCUT2D eigenvalue weighted by molar-refractivity contribution is -0.119. The zero-order valence-electron chi connectivity index (χ0n) is 11.7. The number of hydrogen-bond donors (Lipinski definition) is 2. The molecule has 0 radical (unpaired) electrons. The van der Waals surface area contributed by atoms with Gasteiger partial charge in [0.2, 0.25) is 5.91 Å². The van der Waals surface area contributed by atoms with Gasteiger partial charge in [-0.1, -0.05) is 12.8 Å². The van der Waals surface area contributed by atoms with E-state index in [4.69, 9.17) is 0 Å². The second-order valence-corrected chi connectivity index (χ2v) is 6.56. The third-order valence-electron chi connectivity index (χ3n) is 3.92. The van der Waals surface area contributed by atoms with Gasteiger partial charge in [0.05, 0.1) is 12.4 Å². The molecule has 116 valence electrons. The van der Waals surface area contributed by atoms with Crippen LogP contribution in [0.1, 0.15) is 25.7 Å². The van der Waals surface area contributed by atoms with E-state index in [0.717, 1.165) is 49.6 Å². The monoisotopic (exact) mass is 315 g/mol. The van der Waals surface area contributed by atoms with E-state index >= 15 is 0 Å². The number of aliphatic hydroxyl groups is 1. The van der Waals surface area contributed by atoms with Crippen LogP contribution >= 0.6 is 11.8 Å².